The molecule has 0 aliphatic carbocycles. The van der Waals surface area contributed by atoms with E-state index < -0.39 is 10.5 Å². The monoisotopic (exact) mass is 279 g/mol. The van der Waals surface area contributed by atoms with Crippen molar-refractivity contribution in [3.05, 3.63) is 28.3 Å². The molecule has 0 radical (unpaired) electrons. The number of anilines is 1. The molecule has 1 aromatic carbocycles. The van der Waals surface area contributed by atoms with E-state index in [1.807, 2.05) is 6.92 Å². The van der Waals surface area contributed by atoms with E-state index in [2.05, 4.69) is 10.6 Å². The Hall–Kier alpha value is -2.15. The lowest BCUT2D eigenvalue weighted by Crippen LogP contribution is -2.50. The summed E-state index contributed by atoms with van der Waals surface area (Å²) in [6, 6.07) is 3.55. The minimum absolute atomic E-state index is 0.0609. The van der Waals surface area contributed by atoms with Gasteiger partial charge < -0.3 is 15.7 Å². The Labute approximate surface area is 116 Å². The van der Waals surface area contributed by atoms with Crippen molar-refractivity contribution in [3.63, 3.8) is 0 Å². The van der Waals surface area contributed by atoms with E-state index in [9.17, 15) is 20.0 Å². The molecule has 0 aromatic heterocycles. The molecule has 3 N–H and O–H groups in total. The maximum Gasteiger partial charge on any atom is 0.271 e. The standard InChI is InChI=1S/C13H17N3O4/c1-2-13(6-3-7-14-13)12(18)15-10-8-9(16(19)20)4-5-11(10)17/h4-5,8,14,17H,2-3,6-7H2,1H3,(H,15,18). The zero-order valence-electron chi connectivity index (χ0n) is 11.2. The highest BCUT2D eigenvalue weighted by atomic mass is 16.6. The zero-order chi connectivity index (χ0) is 14.8. The van der Waals surface area contributed by atoms with Crippen molar-refractivity contribution in [3.8, 4) is 5.75 Å². The summed E-state index contributed by atoms with van der Waals surface area (Å²) in [5.74, 6) is -0.457. The Kier molecular flexibility index (Phi) is 3.89. The Bertz CT molecular complexity index is 538. The number of amides is 1. The quantitative estimate of drug-likeness (QED) is 0.442. The summed E-state index contributed by atoms with van der Waals surface area (Å²) in [6.45, 7) is 2.67. The second kappa shape index (κ2) is 5.46. The van der Waals surface area contributed by atoms with Crippen LogP contribution in [0.4, 0.5) is 11.4 Å². The third-order valence-electron chi connectivity index (χ3n) is 3.72. The lowest BCUT2D eigenvalue weighted by atomic mass is 9.93. The number of rotatable bonds is 4. The molecular formula is C13H17N3O4. The first-order valence-corrected chi connectivity index (χ1v) is 6.52. The van der Waals surface area contributed by atoms with E-state index in [-0.39, 0.29) is 23.0 Å². The molecular weight excluding hydrogens is 262 g/mol. The lowest BCUT2D eigenvalue weighted by molar-refractivity contribution is -0.384. The number of hydrogen-bond acceptors (Lipinski definition) is 5. The summed E-state index contributed by atoms with van der Waals surface area (Å²) in [5, 5.41) is 26.2. The molecule has 1 atom stereocenters. The molecule has 1 aliphatic rings. The van der Waals surface area contributed by atoms with Gasteiger partial charge in [0.1, 0.15) is 5.75 Å². The summed E-state index contributed by atoms with van der Waals surface area (Å²) < 4.78 is 0. The van der Waals surface area contributed by atoms with Gasteiger partial charge in [-0.15, -0.1) is 0 Å². The summed E-state index contributed by atoms with van der Waals surface area (Å²) >= 11 is 0. The second-order valence-corrected chi connectivity index (χ2v) is 4.88. The van der Waals surface area contributed by atoms with Gasteiger partial charge in [-0.3, -0.25) is 14.9 Å². The first-order chi connectivity index (χ1) is 9.48. The SMILES string of the molecule is CCC1(C(=O)Nc2cc([N+](=O)[O-])ccc2O)CCCN1. The van der Waals surface area contributed by atoms with E-state index in [0.29, 0.717) is 12.8 Å². The smallest absolute Gasteiger partial charge is 0.271 e. The molecule has 1 amide bonds. The molecule has 1 unspecified atom stereocenters. The van der Waals surface area contributed by atoms with E-state index in [1.165, 1.54) is 12.1 Å². The van der Waals surface area contributed by atoms with Gasteiger partial charge in [0.05, 0.1) is 16.1 Å². The predicted molar refractivity (Wildman–Crippen MR) is 73.6 cm³/mol. The molecule has 0 saturated carbocycles. The minimum Gasteiger partial charge on any atom is -0.506 e. The van der Waals surface area contributed by atoms with Crippen LogP contribution < -0.4 is 10.6 Å². The molecule has 0 spiro atoms. The summed E-state index contributed by atoms with van der Waals surface area (Å²) in [4.78, 5) is 22.5. The average Bonchev–Trinajstić information content (AvgIpc) is 2.91. The number of nitro groups is 1. The van der Waals surface area contributed by atoms with Crippen molar-refractivity contribution in [2.75, 3.05) is 11.9 Å². The van der Waals surface area contributed by atoms with E-state index in [1.54, 1.807) is 0 Å². The number of non-ortho nitro benzene ring substituents is 1. The van der Waals surface area contributed by atoms with Gasteiger partial charge in [-0.05, 0) is 31.9 Å². The van der Waals surface area contributed by atoms with Crippen LogP contribution in [0.2, 0.25) is 0 Å². The van der Waals surface area contributed by atoms with Gasteiger partial charge in [-0.2, -0.15) is 0 Å². The van der Waals surface area contributed by atoms with Crippen molar-refractivity contribution in [1.29, 1.82) is 0 Å². The molecule has 1 heterocycles. The normalized spacial score (nSPS) is 21.6. The molecule has 108 valence electrons. The van der Waals surface area contributed by atoms with Gasteiger partial charge in [0.2, 0.25) is 5.91 Å². The molecule has 1 fully saturated rings. The number of nitro benzene ring substituents is 1. The maximum absolute atomic E-state index is 12.3. The Morgan fingerprint density at radius 2 is 2.35 bits per heavy atom. The van der Waals surface area contributed by atoms with E-state index in [4.69, 9.17) is 0 Å². The number of phenolic OH excluding ortho intramolecular Hbond substituents is 1. The fourth-order valence-corrected chi connectivity index (χ4v) is 2.44. The molecule has 2 rings (SSSR count). The summed E-state index contributed by atoms with van der Waals surface area (Å²) in [5.41, 5.74) is -0.773. The topological polar surface area (TPSA) is 104 Å². The van der Waals surface area contributed by atoms with Crippen LogP contribution in [0.15, 0.2) is 18.2 Å². The molecule has 20 heavy (non-hydrogen) atoms. The van der Waals surface area contributed by atoms with Crippen LogP contribution in [0.1, 0.15) is 26.2 Å². The first-order valence-electron chi connectivity index (χ1n) is 6.52. The van der Waals surface area contributed by atoms with Crippen molar-refractivity contribution < 1.29 is 14.8 Å². The highest BCUT2D eigenvalue weighted by Gasteiger charge is 2.39. The van der Waals surface area contributed by atoms with Gasteiger partial charge in [-0.1, -0.05) is 6.92 Å². The summed E-state index contributed by atoms with van der Waals surface area (Å²) in [7, 11) is 0. The predicted octanol–water partition coefficient (Wildman–Crippen LogP) is 1.77. The molecule has 1 aromatic rings. The Morgan fingerprint density at radius 1 is 1.60 bits per heavy atom. The average molecular weight is 279 g/mol. The van der Waals surface area contributed by atoms with Gasteiger partial charge in [0, 0.05) is 12.1 Å². The van der Waals surface area contributed by atoms with Crippen molar-refractivity contribution in [2.45, 2.75) is 31.7 Å². The zero-order valence-corrected chi connectivity index (χ0v) is 11.2. The molecule has 1 aliphatic heterocycles. The third kappa shape index (κ3) is 2.57. The number of aromatic hydroxyl groups is 1. The largest absolute Gasteiger partial charge is 0.506 e. The van der Waals surface area contributed by atoms with Crippen LogP contribution in [0.25, 0.3) is 0 Å². The third-order valence-corrected chi connectivity index (χ3v) is 3.72. The lowest BCUT2D eigenvalue weighted by Gasteiger charge is -2.26. The number of benzene rings is 1. The van der Waals surface area contributed by atoms with Crippen molar-refractivity contribution in [1.82, 2.24) is 5.32 Å². The number of nitrogens with zero attached hydrogens (tertiary/aromatic N) is 1. The van der Waals surface area contributed by atoms with Crippen LogP contribution in [0.3, 0.4) is 0 Å². The fourth-order valence-electron chi connectivity index (χ4n) is 2.44. The number of hydrogen-bond donors (Lipinski definition) is 3. The van der Waals surface area contributed by atoms with Crippen LogP contribution in [-0.4, -0.2) is 28.0 Å². The van der Waals surface area contributed by atoms with Crippen molar-refractivity contribution >= 4 is 17.3 Å². The van der Waals surface area contributed by atoms with Crippen LogP contribution in [0, 0.1) is 10.1 Å². The molecule has 0 bridgehead atoms. The molecule has 7 heteroatoms. The van der Waals surface area contributed by atoms with Gasteiger partial charge in [0.25, 0.3) is 5.69 Å². The second-order valence-electron chi connectivity index (χ2n) is 4.88. The highest BCUT2D eigenvalue weighted by Crippen LogP contribution is 2.30. The maximum atomic E-state index is 12.3. The van der Waals surface area contributed by atoms with Gasteiger partial charge >= 0.3 is 0 Å². The number of carbonyl (C=O) groups excluding carboxylic acids is 1. The highest BCUT2D eigenvalue weighted by molar-refractivity contribution is 5.99. The first kappa shape index (κ1) is 14.3. The summed E-state index contributed by atoms with van der Waals surface area (Å²) in [6.07, 6.45) is 2.24. The number of carbonyl (C=O) groups is 1. The number of nitrogens with one attached hydrogen (secondary N) is 2. The van der Waals surface area contributed by atoms with E-state index in [0.717, 1.165) is 19.0 Å². The van der Waals surface area contributed by atoms with Crippen LogP contribution in [-0.2, 0) is 4.79 Å². The van der Waals surface area contributed by atoms with E-state index >= 15 is 0 Å². The van der Waals surface area contributed by atoms with Gasteiger partial charge in [-0.25, -0.2) is 0 Å². The molecule has 7 nitrogen and oxygen atoms in total. The minimum atomic E-state index is -0.656. The molecule has 1 saturated heterocycles. The Morgan fingerprint density at radius 3 is 2.90 bits per heavy atom. The fraction of sp³-hybridized carbons (Fsp3) is 0.462. The Balaban J connectivity index is 2.23. The van der Waals surface area contributed by atoms with Gasteiger partial charge in [0.15, 0.2) is 0 Å². The van der Waals surface area contributed by atoms with Crippen LogP contribution in [0.5, 0.6) is 5.75 Å². The van der Waals surface area contributed by atoms with Crippen LogP contribution >= 0.6 is 0 Å². The number of phenols is 1. The van der Waals surface area contributed by atoms with Crippen molar-refractivity contribution in [2.24, 2.45) is 0 Å².